The minimum Gasteiger partial charge on any atom is -0.350 e. The lowest BCUT2D eigenvalue weighted by molar-refractivity contribution is 0.304. The Morgan fingerprint density at radius 3 is 1.94 bits per heavy atom. The van der Waals surface area contributed by atoms with Crippen molar-refractivity contribution in [1.82, 2.24) is 9.47 Å². The number of allylic oxidation sites excluding steroid dienone is 4. The van der Waals surface area contributed by atoms with Crippen LogP contribution < -0.4 is 10.7 Å². The summed E-state index contributed by atoms with van der Waals surface area (Å²) in [5.74, 6) is 0. The molecule has 194 valence electrons. The predicted molar refractivity (Wildman–Crippen MR) is 156 cm³/mol. The molecule has 2 rings (SSSR count). The number of likely N-dealkylation sites (tertiary alicyclic amines) is 1. The second kappa shape index (κ2) is 12.7. The number of rotatable bonds is 16. The van der Waals surface area contributed by atoms with E-state index in [0.29, 0.717) is 5.41 Å². The van der Waals surface area contributed by atoms with Crippen molar-refractivity contribution in [2.24, 2.45) is 10.8 Å². The Labute approximate surface area is 216 Å². The van der Waals surface area contributed by atoms with Crippen LogP contribution in [0.1, 0.15) is 98.3 Å². The van der Waals surface area contributed by atoms with E-state index in [1.54, 1.807) is 0 Å². The van der Waals surface area contributed by atoms with E-state index < -0.39 is 0 Å². The highest BCUT2D eigenvalue weighted by Gasteiger charge is 2.23. The van der Waals surface area contributed by atoms with Gasteiger partial charge in [0.2, 0.25) is 0 Å². The van der Waals surface area contributed by atoms with Crippen LogP contribution in [-0.4, -0.2) is 16.0 Å². The normalized spacial score (nSPS) is 14.7. The molecule has 1 aliphatic rings. The first-order chi connectivity index (χ1) is 16.3. The maximum absolute atomic E-state index is 4.46. The molecule has 1 aromatic rings. The van der Waals surface area contributed by atoms with Crippen molar-refractivity contribution in [3.8, 4) is 0 Å². The van der Waals surface area contributed by atoms with Gasteiger partial charge < -0.3 is 9.47 Å². The third-order valence-electron chi connectivity index (χ3n) is 8.02. The molecule has 1 saturated heterocycles. The van der Waals surface area contributed by atoms with Gasteiger partial charge in [0.25, 0.3) is 0 Å². The van der Waals surface area contributed by atoms with Crippen LogP contribution in [0.3, 0.4) is 0 Å². The number of unbranched alkanes of at least 4 members (excludes halogenated alkanes) is 2. The summed E-state index contributed by atoms with van der Waals surface area (Å²) >= 11 is 0. The fourth-order valence-corrected chi connectivity index (χ4v) is 5.38. The van der Waals surface area contributed by atoms with Gasteiger partial charge in [-0.25, -0.2) is 0 Å². The molecule has 0 spiro atoms. The first-order valence-corrected chi connectivity index (χ1v) is 13.6. The van der Waals surface area contributed by atoms with E-state index in [-0.39, 0.29) is 5.41 Å². The lowest BCUT2D eigenvalue weighted by atomic mass is 9.77. The highest BCUT2D eigenvalue weighted by molar-refractivity contribution is 5.16. The van der Waals surface area contributed by atoms with Gasteiger partial charge in [0, 0.05) is 35.2 Å². The van der Waals surface area contributed by atoms with Crippen LogP contribution in [0.15, 0.2) is 61.0 Å². The Kier molecular flexibility index (Phi) is 10.5. The molecule has 2 nitrogen and oxygen atoms in total. The Balaban J connectivity index is 1.63. The summed E-state index contributed by atoms with van der Waals surface area (Å²) in [5, 5.41) is 2.08. The fourth-order valence-electron chi connectivity index (χ4n) is 5.38. The molecule has 0 radical (unpaired) electrons. The van der Waals surface area contributed by atoms with Crippen LogP contribution in [0.4, 0.5) is 0 Å². The molecule has 1 aliphatic heterocycles. The SMILES string of the molecule is C=C(CCn1c(=C)ccc1=C)CC(C)(C)CCCCCC(C)(C)C(=C)CCCN1C(=C)CCC1=C. The van der Waals surface area contributed by atoms with Crippen molar-refractivity contribution in [3.05, 3.63) is 71.7 Å². The summed E-state index contributed by atoms with van der Waals surface area (Å²) in [6.07, 6.45) is 12.8. The average Bonchev–Trinajstić information content (AvgIpc) is 3.26. The molecule has 0 N–H and O–H groups in total. The summed E-state index contributed by atoms with van der Waals surface area (Å²) in [5.41, 5.74) is 5.70. The number of aromatic nitrogens is 1. The average molecular weight is 477 g/mol. The first-order valence-electron chi connectivity index (χ1n) is 13.6. The largest absolute Gasteiger partial charge is 0.350 e. The highest BCUT2D eigenvalue weighted by atomic mass is 15.2. The zero-order chi connectivity index (χ0) is 26.2. The number of hydrogen-bond donors (Lipinski definition) is 0. The van der Waals surface area contributed by atoms with Gasteiger partial charge in [0.05, 0.1) is 0 Å². The summed E-state index contributed by atoms with van der Waals surface area (Å²) in [4.78, 5) is 2.31. The van der Waals surface area contributed by atoms with E-state index in [1.807, 2.05) is 12.1 Å². The highest BCUT2D eigenvalue weighted by Crippen LogP contribution is 2.36. The molecule has 0 unspecified atom stereocenters. The molecule has 35 heavy (non-hydrogen) atoms. The Hall–Kier alpha value is -2.22. The van der Waals surface area contributed by atoms with Crippen LogP contribution >= 0.6 is 0 Å². The Morgan fingerprint density at radius 1 is 0.771 bits per heavy atom. The van der Waals surface area contributed by atoms with E-state index in [0.717, 1.165) is 62.3 Å². The summed E-state index contributed by atoms with van der Waals surface area (Å²) < 4.78 is 2.19. The Bertz CT molecular complexity index is 957. The van der Waals surface area contributed by atoms with Crippen LogP contribution in [0.5, 0.6) is 0 Å². The minimum atomic E-state index is 0.210. The maximum atomic E-state index is 4.46. The van der Waals surface area contributed by atoms with E-state index in [4.69, 9.17) is 0 Å². The topological polar surface area (TPSA) is 8.17 Å². The lowest BCUT2D eigenvalue weighted by Crippen LogP contribution is -2.25. The van der Waals surface area contributed by atoms with Crippen LogP contribution in [-0.2, 0) is 6.54 Å². The lowest BCUT2D eigenvalue weighted by Gasteiger charge is -2.29. The molecule has 2 heterocycles. The predicted octanol–water partition coefficient (Wildman–Crippen LogP) is 8.11. The summed E-state index contributed by atoms with van der Waals surface area (Å²) in [6, 6.07) is 4.07. The maximum Gasteiger partial charge on any atom is 0.0338 e. The molecular formula is C33H52N2. The van der Waals surface area contributed by atoms with E-state index in [1.165, 1.54) is 54.6 Å². The molecule has 0 atom stereocenters. The van der Waals surface area contributed by atoms with Gasteiger partial charge in [0.1, 0.15) is 0 Å². The quantitative estimate of drug-likeness (QED) is 0.173. The molecular weight excluding hydrogens is 424 g/mol. The van der Waals surface area contributed by atoms with E-state index in [2.05, 4.69) is 76.6 Å². The van der Waals surface area contributed by atoms with E-state index in [9.17, 15) is 0 Å². The second-order valence-corrected chi connectivity index (χ2v) is 12.2. The zero-order valence-corrected chi connectivity index (χ0v) is 23.5. The first kappa shape index (κ1) is 29.0. The van der Waals surface area contributed by atoms with Gasteiger partial charge in [-0.2, -0.15) is 0 Å². The standard InChI is InChI=1S/C33H52N2/c1-26(20-24-35-30(5)18-19-31(35)6)25-32(7,8)21-12-11-13-22-33(9,10)27(2)15-14-23-34-28(3)16-17-29(34)4/h18-19H,1-6,11-17,20-25H2,7-10H3. The van der Waals surface area contributed by atoms with Crippen molar-refractivity contribution >= 4 is 13.2 Å². The second-order valence-electron chi connectivity index (χ2n) is 12.2. The van der Waals surface area contributed by atoms with Crippen molar-refractivity contribution in [3.63, 3.8) is 0 Å². The summed E-state index contributed by atoms with van der Waals surface area (Å²) in [7, 11) is 0. The zero-order valence-electron chi connectivity index (χ0n) is 23.5. The number of nitrogens with zero attached hydrogens (tertiary/aromatic N) is 2. The van der Waals surface area contributed by atoms with Gasteiger partial charge in [-0.05, 0) is 74.3 Å². The van der Waals surface area contributed by atoms with Gasteiger partial charge >= 0.3 is 0 Å². The van der Waals surface area contributed by atoms with Crippen molar-refractivity contribution < 1.29 is 0 Å². The fraction of sp³-hybridized carbons (Fsp3) is 0.576. The van der Waals surface area contributed by atoms with Gasteiger partial charge in [-0.3, -0.25) is 0 Å². The molecule has 2 heteroatoms. The molecule has 0 bridgehead atoms. The monoisotopic (exact) mass is 476 g/mol. The van der Waals surface area contributed by atoms with Gasteiger partial charge in [-0.1, -0.05) is 97.6 Å². The van der Waals surface area contributed by atoms with Gasteiger partial charge in [-0.15, -0.1) is 0 Å². The molecule has 1 aromatic heterocycles. The molecule has 0 aliphatic carbocycles. The molecule has 1 fully saturated rings. The molecule has 0 amide bonds. The number of hydrogen-bond acceptors (Lipinski definition) is 1. The van der Waals surface area contributed by atoms with Gasteiger partial charge in [0.15, 0.2) is 0 Å². The Morgan fingerprint density at radius 2 is 1.34 bits per heavy atom. The van der Waals surface area contributed by atoms with Crippen molar-refractivity contribution in [2.75, 3.05) is 6.54 Å². The third-order valence-corrected chi connectivity index (χ3v) is 8.02. The molecule has 0 saturated carbocycles. The third kappa shape index (κ3) is 9.06. The minimum absolute atomic E-state index is 0.210. The summed E-state index contributed by atoms with van der Waals surface area (Å²) in [6.45, 7) is 36.9. The van der Waals surface area contributed by atoms with E-state index >= 15 is 0 Å². The van der Waals surface area contributed by atoms with Crippen LogP contribution in [0, 0.1) is 10.8 Å². The molecule has 0 aromatic carbocycles. The van der Waals surface area contributed by atoms with Crippen molar-refractivity contribution in [1.29, 1.82) is 0 Å². The van der Waals surface area contributed by atoms with Crippen LogP contribution in [0.25, 0.3) is 13.2 Å². The smallest absolute Gasteiger partial charge is 0.0338 e. The van der Waals surface area contributed by atoms with Crippen LogP contribution in [0.2, 0.25) is 0 Å². The van der Waals surface area contributed by atoms with Crippen molar-refractivity contribution in [2.45, 2.75) is 105 Å².